The summed E-state index contributed by atoms with van der Waals surface area (Å²) in [6.45, 7) is 0. The summed E-state index contributed by atoms with van der Waals surface area (Å²) >= 11 is 3.08. The van der Waals surface area contributed by atoms with Crippen molar-refractivity contribution in [3.05, 3.63) is 52.8 Å². The Morgan fingerprint density at radius 3 is 2.53 bits per heavy atom. The molecule has 2 aromatic rings. The van der Waals surface area contributed by atoms with Gasteiger partial charge in [-0.25, -0.2) is 9.18 Å². The number of urea groups is 1. The lowest BCUT2D eigenvalue weighted by Gasteiger charge is -2.10. The Morgan fingerprint density at radius 1 is 1.16 bits per heavy atom. The summed E-state index contributed by atoms with van der Waals surface area (Å²) in [5.41, 5.74) is 0.579. The molecule has 0 aliphatic heterocycles. The molecule has 98 valence electrons. The maximum Gasteiger partial charge on any atom is 0.323 e. The zero-order valence-electron chi connectivity index (χ0n) is 9.65. The van der Waals surface area contributed by atoms with E-state index in [4.69, 9.17) is 0 Å². The van der Waals surface area contributed by atoms with Crippen LogP contribution in [0.2, 0.25) is 0 Å². The zero-order valence-corrected chi connectivity index (χ0v) is 11.2. The minimum atomic E-state index is -0.815. The molecule has 2 amide bonds. The van der Waals surface area contributed by atoms with E-state index in [-0.39, 0.29) is 5.69 Å². The summed E-state index contributed by atoms with van der Waals surface area (Å²) < 4.78 is 13.7. The van der Waals surface area contributed by atoms with Gasteiger partial charge in [0.15, 0.2) is 11.6 Å². The number of hydrogen-bond acceptors (Lipinski definition) is 2. The summed E-state index contributed by atoms with van der Waals surface area (Å²) in [5.74, 6) is -1.42. The van der Waals surface area contributed by atoms with Gasteiger partial charge in [0.25, 0.3) is 0 Å². The van der Waals surface area contributed by atoms with Crippen LogP contribution in [-0.4, -0.2) is 11.1 Å². The Labute approximate surface area is 117 Å². The van der Waals surface area contributed by atoms with Crippen molar-refractivity contribution in [1.29, 1.82) is 0 Å². The van der Waals surface area contributed by atoms with Crippen molar-refractivity contribution in [3.8, 4) is 5.75 Å². The van der Waals surface area contributed by atoms with E-state index in [0.717, 1.165) is 6.07 Å². The molecule has 0 heterocycles. The molecule has 4 nitrogen and oxygen atoms in total. The van der Waals surface area contributed by atoms with Gasteiger partial charge in [0, 0.05) is 10.2 Å². The number of amides is 2. The molecule has 0 aromatic heterocycles. The molecule has 19 heavy (non-hydrogen) atoms. The maximum atomic E-state index is 13.3. The summed E-state index contributed by atoms with van der Waals surface area (Å²) in [4.78, 5) is 11.7. The number of anilines is 2. The largest absolute Gasteiger partial charge is 0.503 e. The number of phenolic OH excluding ortho intramolecular Hbond substituents is 1. The molecule has 0 spiro atoms. The summed E-state index contributed by atoms with van der Waals surface area (Å²) in [6, 6.07) is 10.7. The molecule has 0 atom stereocenters. The van der Waals surface area contributed by atoms with E-state index in [1.165, 1.54) is 6.07 Å². The number of para-hydroxylation sites is 1. The topological polar surface area (TPSA) is 61.4 Å². The monoisotopic (exact) mass is 324 g/mol. The highest BCUT2D eigenvalue weighted by Crippen LogP contribution is 2.30. The number of carbonyl (C=O) groups is 1. The van der Waals surface area contributed by atoms with E-state index in [1.807, 2.05) is 6.07 Å². The first-order valence-corrected chi connectivity index (χ1v) is 6.16. The molecule has 0 aliphatic rings. The van der Waals surface area contributed by atoms with Gasteiger partial charge in [0.1, 0.15) is 0 Å². The fraction of sp³-hybridized carbons (Fsp3) is 0. The standard InChI is InChI=1S/C13H10BrFN2O2/c14-8-6-10(15)12(18)11(7-8)17-13(19)16-9-4-2-1-3-5-9/h1-7,18H,(H2,16,17,19). The van der Waals surface area contributed by atoms with Crippen molar-refractivity contribution < 1.29 is 14.3 Å². The van der Waals surface area contributed by atoms with E-state index >= 15 is 0 Å². The molecule has 0 aliphatic carbocycles. The number of benzene rings is 2. The van der Waals surface area contributed by atoms with Gasteiger partial charge in [-0.3, -0.25) is 0 Å². The number of phenols is 1. The predicted octanol–water partition coefficient (Wildman–Crippen LogP) is 3.94. The molecule has 0 fully saturated rings. The molecule has 6 heteroatoms. The van der Waals surface area contributed by atoms with Gasteiger partial charge in [-0.1, -0.05) is 34.1 Å². The van der Waals surface area contributed by atoms with E-state index in [2.05, 4.69) is 26.6 Å². The average molecular weight is 325 g/mol. The molecular formula is C13H10BrFN2O2. The van der Waals surface area contributed by atoms with Gasteiger partial charge in [0.2, 0.25) is 0 Å². The van der Waals surface area contributed by atoms with E-state index in [1.54, 1.807) is 24.3 Å². The van der Waals surface area contributed by atoms with E-state index in [9.17, 15) is 14.3 Å². The number of carbonyl (C=O) groups excluding carboxylic acids is 1. The number of halogens is 2. The maximum absolute atomic E-state index is 13.3. The molecule has 0 unspecified atom stereocenters. The second-order valence-corrected chi connectivity index (χ2v) is 4.64. The number of rotatable bonds is 2. The van der Waals surface area contributed by atoms with Crippen molar-refractivity contribution >= 4 is 33.3 Å². The normalized spacial score (nSPS) is 10.0. The molecular weight excluding hydrogens is 315 g/mol. The summed E-state index contributed by atoms with van der Waals surface area (Å²) in [6.07, 6.45) is 0. The fourth-order valence-electron chi connectivity index (χ4n) is 1.47. The van der Waals surface area contributed by atoms with E-state index < -0.39 is 17.6 Å². The predicted molar refractivity (Wildman–Crippen MR) is 74.8 cm³/mol. The number of aromatic hydroxyl groups is 1. The van der Waals surface area contributed by atoms with Gasteiger partial charge in [-0.05, 0) is 24.3 Å². The van der Waals surface area contributed by atoms with Gasteiger partial charge < -0.3 is 15.7 Å². The molecule has 2 aromatic carbocycles. The third-order valence-corrected chi connectivity index (χ3v) is 2.77. The quantitative estimate of drug-likeness (QED) is 0.733. The third-order valence-electron chi connectivity index (χ3n) is 2.31. The zero-order chi connectivity index (χ0) is 13.8. The van der Waals surface area contributed by atoms with Crippen LogP contribution in [0.5, 0.6) is 5.75 Å². The highest BCUT2D eigenvalue weighted by Gasteiger charge is 2.11. The van der Waals surface area contributed by atoms with Gasteiger partial charge in [-0.15, -0.1) is 0 Å². The van der Waals surface area contributed by atoms with Crippen molar-refractivity contribution in [2.45, 2.75) is 0 Å². The van der Waals surface area contributed by atoms with Crippen LogP contribution in [0.4, 0.5) is 20.6 Å². The highest BCUT2D eigenvalue weighted by atomic mass is 79.9. The van der Waals surface area contributed by atoms with Crippen molar-refractivity contribution in [2.24, 2.45) is 0 Å². The molecule has 3 N–H and O–H groups in total. The Bertz CT molecular complexity index is 605. The Hall–Kier alpha value is -2.08. The van der Waals surface area contributed by atoms with Crippen LogP contribution in [0.3, 0.4) is 0 Å². The van der Waals surface area contributed by atoms with Crippen LogP contribution in [-0.2, 0) is 0 Å². The Kier molecular flexibility index (Phi) is 4.01. The van der Waals surface area contributed by atoms with Crippen LogP contribution >= 0.6 is 15.9 Å². The van der Waals surface area contributed by atoms with Gasteiger partial charge in [0.05, 0.1) is 5.69 Å². The lowest BCUT2D eigenvalue weighted by Crippen LogP contribution is -2.19. The molecule has 2 rings (SSSR count). The first kappa shape index (κ1) is 13.4. The smallest absolute Gasteiger partial charge is 0.323 e. The van der Waals surface area contributed by atoms with Gasteiger partial charge in [-0.2, -0.15) is 0 Å². The molecule has 0 radical (unpaired) electrons. The number of nitrogens with one attached hydrogen (secondary N) is 2. The van der Waals surface area contributed by atoms with Crippen molar-refractivity contribution in [1.82, 2.24) is 0 Å². The van der Waals surface area contributed by atoms with Crippen LogP contribution in [0.15, 0.2) is 46.9 Å². The van der Waals surface area contributed by atoms with Gasteiger partial charge >= 0.3 is 6.03 Å². The fourth-order valence-corrected chi connectivity index (χ4v) is 1.90. The summed E-state index contributed by atoms with van der Waals surface area (Å²) in [5, 5.41) is 14.4. The lowest BCUT2D eigenvalue weighted by atomic mass is 10.3. The molecule has 0 saturated carbocycles. The van der Waals surface area contributed by atoms with E-state index in [0.29, 0.717) is 10.2 Å². The molecule has 0 bridgehead atoms. The Morgan fingerprint density at radius 2 is 1.84 bits per heavy atom. The average Bonchev–Trinajstić information content (AvgIpc) is 2.36. The minimum absolute atomic E-state index is 0.0136. The minimum Gasteiger partial charge on any atom is -0.503 e. The first-order chi connectivity index (χ1) is 9.06. The third kappa shape index (κ3) is 3.45. The van der Waals surface area contributed by atoms with Crippen LogP contribution in [0.1, 0.15) is 0 Å². The second-order valence-electron chi connectivity index (χ2n) is 3.73. The molecule has 0 saturated heterocycles. The van der Waals surface area contributed by atoms with Crippen molar-refractivity contribution in [3.63, 3.8) is 0 Å². The van der Waals surface area contributed by atoms with Crippen LogP contribution < -0.4 is 10.6 Å². The first-order valence-electron chi connectivity index (χ1n) is 5.37. The summed E-state index contributed by atoms with van der Waals surface area (Å²) in [7, 11) is 0. The number of hydrogen-bond donors (Lipinski definition) is 3. The van der Waals surface area contributed by atoms with Crippen molar-refractivity contribution in [2.75, 3.05) is 10.6 Å². The Balaban J connectivity index is 2.11. The van der Waals surface area contributed by atoms with Crippen LogP contribution in [0.25, 0.3) is 0 Å². The SMILES string of the molecule is O=C(Nc1ccccc1)Nc1cc(Br)cc(F)c1O. The second kappa shape index (κ2) is 5.71. The highest BCUT2D eigenvalue weighted by molar-refractivity contribution is 9.10. The lowest BCUT2D eigenvalue weighted by molar-refractivity contribution is 0.262. The van der Waals surface area contributed by atoms with Crippen LogP contribution in [0, 0.1) is 5.82 Å².